The van der Waals surface area contributed by atoms with Crippen molar-refractivity contribution in [2.24, 2.45) is 0 Å². The molecule has 2 aromatic carbocycles. The van der Waals surface area contributed by atoms with Crippen LogP contribution in [0, 0.1) is 11.6 Å². The van der Waals surface area contributed by atoms with Crippen LogP contribution in [0.25, 0.3) is 43.9 Å². The lowest BCUT2D eigenvalue weighted by molar-refractivity contribution is -0.129. The highest BCUT2D eigenvalue weighted by molar-refractivity contribution is 7.18. The van der Waals surface area contributed by atoms with E-state index in [0.717, 1.165) is 38.5 Å². The quantitative estimate of drug-likeness (QED) is 0.205. The molecular formula is C37H36F2N6O3S. The molecule has 3 aromatic heterocycles. The summed E-state index contributed by atoms with van der Waals surface area (Å²) in [7, 11) is 4.97. The summed E-state index contributed by atoms with van der Waals surface area (Å²) in [4.78, 5) is 34.3. The number of nitrogens with one attached hydrogen (secondary N) is 1. The summed E-state index contributed by atoms with van der Waals surface area (Å²) in [5.74, 6) is -1.69. The summed E-state index contributed by atoms with van der Waals surface area (Å²) >= 11 is 1.43. The molecule has 0 unspecified atom stereocenters. The molecule has 0 fully saturated rings. The zero-order valence-corrected chi connectivity index (χ0v) is 28.7. The fourth-order valence-corrected chi connectivity index (χ4v) is 8.15. The van der Waals surface area contributed by atoms with Crippen LogP contribution in [0.5, 0.6) is 5.75 Å². The minimum absolute atomic E-state index is 0.0223. The first-order valence-electron chi connectivity index (χ1n) is 16.1. The standard InChI is InChI=1S/C37H36F2N6O3S/c1-7-31(46)44-17-19(2)45-28(20(44)3)16-27(42-45)35-33(32-26(39)14-24(38)15-30(32)48-6)36-25(10-11-49-36)34(41-35)22-9-8-21-13-29(37(47)40-4)43(5)18-23(21)12-22/h7-12,14-16,19-20,29H,1,13,17-18H2,2-6H3,(H,40,47)/t19-,20+,29+/m0/s1. The van der Waals surface area contributed by atoms with E-state index < -0.39 is 11.6 Å². The second-order valence-electron chi connectivity index (χ2n) is 12.7. The predicted molar refractivity (Wildman–Crippen MR) is 186 cm³/mol. The Morgan fingerprint density at radius 1 is 1.08 bits per heavy atom. The van der Waals surface area contributed by atoms with Crippen LogP contribution >= 0.6 is 11.3 Å². The van der Waals surface area contributed by atoms with E-state index in [0.29, 0.717) is 42.2 Å². The van der Waals surface area contributed by atoms with Gasteiger partial charge in [0.1, 0.15) is 28.8 Å². The van der Waals surface area contributed by atoms with Crippen LogP contribution in [0.1, 0.15) is 42.8 Å². The van der Waals surface area contributed by atoms with E-state index >= 15 is 4.39 Å². The largest absolute Gasteiger partial charge is 0.496 e. The van der Waals surface area contributed by atoms with Gasteiger partial charge in [-0.15, -0.1) is 11.3 Å². The van der Waals surface area contributed by atoms with Gasteiger partial charge in [-0.1, -0.05) is 18.7 Å². The number of nitrogens with zero attached hydrogens (tertiary/aromatic N) is 5. The topological polar surface area (TPSA) is 92.6 Å². The Balaban J connectivity index is 1.46. The third kappa shape index (κ3) is 5.39. The molecule has 252 valence electrons. The maximum atomic E-state index is 16.0. The molecule has 0 bridgehead atoms. The highest BCUT2D eigenvalue weighted by Crippen LogP contribution is 2.48. The Morgan fingerprint density at radius 2 is 1.88 bits per heavy atom. The van der Waals surface area contributed by atoms with Gasteiger partial charge in [0, 0.05) is 53.5 Å². The average Bonchev–Trinajstić information content (AvgIpc) is 3.77. The van der Waals surface area contributed by atoms with Crippen molar-refractivity contribution in [2.45, 2.75) is 44.9 Å². The smallest absolute Gasteiger partial charge is 0.246 e. The second-order valence-corrected chi connectivity index (χ2v) is 13.6. The van der Waals surface area contributed by atoms with E-state index in [4.69, 9.17) is 14.8 Å². The van der Waals surface area contributed by atoms with Gasteiger partial charge in [-0.3, -0.25) is 19.2 Å². The summed E-state index contributed by atoms with van der Waals surface area (Å²) in [5, 5.41) is 10.5. The van der Waals surface area contributed by atoms with Crippen LogP contribution in [0.4, 0.5) is 8.78 Å². The van der Waals surface area contributed by atoms with Gasteiger partial charge < -0.3 is 15.0 Å². The molecule has 9 nitrogen and oxygen atoms in total. The Bertz CT molecular complexity index is 2160. The number of hydrogen-bond donors (Lipinski definition) is 1. The minimum Gasteiger partial charge on any atom is -0.496 e. The molecule has 2 amide bonds. The van der Waals surface area contributed by atoms with Crippen LogP contribution in [-0.4, -0.2) is 70.2 Å². The number of pyridine rings is 1. The molecule has 0 saturated heterocycles. The van der Waals surface area contributed by atoms with Gasteiger partial charge in [-0.25, -0.2) is 13.8 Å². The Morgan fingerprint density at radius 3 is 2.61 bits per heavy atom. The Kier molecular flexibility index (Phi) is 8.32. The number of aromatic nitrogens is 3. The van der Waals surface area contributed by atoms with Gasteiger partial charge >= 0.3 is 0 Å². The first-order chi connectivity index (χ1) is 23.5. The third-order valence-electron chi connectivity index (χ3n) is 9.73. The summed E-state index contributed by atoms with van der Waals surface area (Å²) in [6.07, 6.45) is 1.90. The van der Waals surface area contributed by atoms with Crippen molar-refractivity contribution in [2.75, 3.05) is 27.7 Å². The van der Waals surface area contributed by atoms with Gasteiger partial charge in [0.25, 0.3) is 0 Å². The van der Waals surface area contributed by atoms with Crippen molar-refractivity contribution >= 4 is 33.2 Å². The first-order valence-corrected chi connectivity index (χ1v) is 16.9. The van der Waals surface area contributed by atoms with Gasteiger partial charge in [-0.05, 0) is 68.1 Å². The molecule has 0 spiro atoms. The van der Waals surface area contributed by atoms with E-state index in [1.54, 1.807) is 11.9 Å². The molecule has 5 heterocycles. The number of carbonyl (C=O) groups is 2. The highest BCUT2D eigenvalue weighted by atomic mass is 32.1. The molecule has 3 atom stereocenters. The van der Waals surface area contributed by atoms with E-state index in [1.165, 1.54) is 30.6 Å². The number of rotatable bonds is 6. The molecule has 1 N–H and O–H groups in total. The molecular weight excluding hydrogens is 647 g/mol. The lowest BCUT2D eigenvalue weighted by Gasteiger charge is -2.36. The number of hydrogen-bond acceptors (Lipinski definition) is 7. The summed E-state index contributed by atoms with van der Waals surface area (Å²) in [5.41, 5.74) is 5.98. The molecule has 5 aromatic rings. The number of benzene rings is 2. The molecule has 12 heteroatoms. The first kappa shape index (κ1) is 32.6. The van der Waals surface area contributed by atoms with Crippen molar-refractivity contribution in [3.63, 3.8) is 0 Å². The molecule has 0 aliphatic carbocycles. The number of halogens is 2. The normalized spacial score (nSPS) is 19.0. The summed E-state index contributed by atoms with van der Waals surface area (Å²) in [6, 6.07) is 11.3. The van der Waals surface area contributed by atoms with Crippen LogP contribution in [-0.2, 0) is 22.6 Å². The number of fused-ring (bicyclic) bond motifs is 3. The summed E-state index contributed by atoms with van der Waals surface area (Å²) < 4.78 is 38.6. The predicted octanol–water partition coefficient (Wildman–Crippen LogP) is 6.53. The van der Waals surface area contributed by atoms with Crippen LogP contribution in [0.2, 0.25) is 0 Å². The van der Waals surface area contributed by atoms with E-state index in [2.05, 4.69) is 18.0 Å². The van der Waals surface area contributed by atoms with Crippen molar-refractivity contribution in [1.29, 1.82) is 0 Å². The Hall–Kier alpha value is -4.94. The number of carbonyl (C=O) groups excluding carboxylic acids is 2. The SMILES string of the molecule is C=CC(=O)N1C[C@H](C)n2nc(-c3nc(-c4ccc5c(c4)CN(C)[C@@H](C(=O)NC)C5)c4ccsc4c3-c3c(F)cc(F)cc3OC)cc2[C@H]1C. The molecule has 2 aliphatic heterocycles. The maximum Gasteiger partial charge on any atom is 0.246 e. The number of likely N-dealkylation sites (N-methyl/N-ethyl adjacent to an activating group) is 2. The van der Waals surface area contributed by atoms with Crippen molar-refractivity contribution in [3.05, 3.63) is 89.0 Å². The van der Waals surface area contributed by atoms with Gasteiger partial charge in [-0.2, -0.15) is 5.10 Å². The molecule has 0 radical (unpaired) electrons. The Labute approximate surface area is 286 Å². The third-order valence-corrected chi connectivity index (χ3v) is 10.7. The van der Waals surface area contributed by atoms with Crippen molar-refractivity contribution < 1.29 is 23.1 Å². The zero-order chi connectivity index (χ0) is 34.7. The van der Waals surface area contributed by atoms with E-state index in [-0.39, 0.29) is 41.3 Å². The number of amides is 2. The van der Waals surface area contributed by atoms with Crippen molar-refractivity contribution in [3.8, 4) is 39.5 Å². The van der Waals surface area contributed by atoms with Gasteiger partial charge in [0.05, 0.1) is 42.2 Å². The van der Waals surface area contributed by atoms with Crippen LogP contribution in [0.15, 0.2) is 60.5 Å². The van der Waals surface area contributed by atoms with E-state index in [1.807, 2.05) is 60.1 Å². The monoisotopic (exact) mass is 682 g/mol. The lowest BCUT2D eigenvalue weighted by atomic mass is 9.90. The van der Waals surface area contributed by atoms with Gasteiger partial charge in [0.2, 0.25) is 11.8 Å². The lowest BCUT2D eigenvalue weighted by Crippen LogP contribution is -2.47. The summed E-state index contributed by atoms with van der Waals surface area (Å²) in [6.45, 7) is 8.62. The maximum absolute atomic E-state index is 16.0. The molecule has 0 saturated carbocycles. The second kappa shape index (κ2) is 12.5. The van der Waals surface area contributed by atoms with E-state index in [9.17, 15) is 14.0 Å². The molecule has 49 heavy (non-hydrogen) atoms. The zero-order valence-electron chi connectivity index (χ0n) is 27.9. The molecule has 7 rings (SSSR count). The van der Waals surface area contributed by atoms with Crippen molar-refractivity contribution in [1.82, 2.24) is 29.9 Å². The van der Waals surface area contributed by atoms with Crippen LogP contribution < -0.4 is 10.1 Å². The highest BCUT2D eigenvalue weighted by Gasteiger charge is 2.34. The number of ether oxygens (including phenoxy) is 1. The minimum atomic E-state index is -0.779. The fraction of sp³-hybridized carbons (Fsp3) is 0.297. The average molecular weight is 683 g/mol. The fourth-order valence-electron chi connectivity index (χ4n) is 7.21. The molecule has 2 aliphatic rings. The van der Waals surface area contributed by atoms with Gasteiger partial charge in [0.15, 0.2) is 0 Å². The number of thiophene rings is 1. The van der Waals surface area contributed by atoms with Crippen LogP contribution in [0.3, 0.4) is 0 Å². The number of methoxy groups -OCH3 is 1.